The number of amides is 1. The van der Waals surface area contributed by atoms with Crippen molar-refractivity contribution in [3.05, 3.63) is 29.8 Å². The summed E-state index contributed by atoms with van der Waals surface area (Å²) in [4.78, 5) is 14.7. The topological polar surface area (TPSA) is 87.7 Å². The Morgan fingerprint density at radius 2 is 1.85 bits per heavy atom. The maximum Gasteiger partial charge on any atom is 0.251 e. The number of hydrogen-bond donors (Lipinski definition) is 2. The average Bonchev–Trinajstić information content (AvgIpc) is 2.63. The molecule has 1 aliphatic heterocycles. The number of nitrogens with one attached hydrogen (secondary N) is 2. The van der Waals surface area contributed by atoms with E-state index in [0.29, 0.717) is 24.6 Å². The quantitative estimate of drug-likeness (QED) is 0.623. The van der Waals surface area contributed by atoms with Gasteiger partial charge in [0.15, 0.2) is 0 Å². The average molecular weight is 384 g/mol. The SMILES string of the molecule is COCCNS(=O)(=O)c1ccc(C(=O)NCCC2CCN(C)CC2)cc1. The zero-order valence-electron chi connectivity index (χ0n) is 15.5. The standard InChI is InChI=1S/C18H29N3O4S/c1-21-12-8-15(9-13-21)7-10-19-18(22)16-3-5-17(6-4-16)26(23,24)20-11-14-25-2/h3-6,15,20H,7-14H2,1-2H3,(H,19,22). The molecule has 0 aliphatic carbocycles. The molecule has 1 aromatic rings. The van der Waals surface area contributed by atoms with Crippen LogP contribution in [0.15, 0.2) is 29.2 Å². The number of carbonyl (C=O) groups excluding carboxylic acids is 1. The number of piperidine rings is 1. The van der Waals surface area contributed by atoms with E-state index >= 15 is 0 Å². The Labute approximate surface area is 156 Å². The van der Waals surface area contributed by atoms with Crippen LogP contribution in [0.5, 0.6) is 0 Å². The lowest BCUT2D eigenvalue weighted by atomic mass is 9.94. The predicted octanol–water partition coefficient (Wildman–Crippen LogP) is 1.07. The van der Waals surface area contributed by atoms with Gasteiger partial charge in [-0.3, -0.25) is 4.79 Å². The second kappa shape index (κ2) is 10.0. The molecule has 0 bridgehead atoms. The first-order chi connectivity index (χ1) is 12.4. The molecule has 2 rings (SSSR count). The number of likely N-dealkylation sites (tertiary alicyclic amines) is 1. The molecule has 1 aliphatic rings. The van der Waals surface area contributed by atoms with Crippen LogP contribution >= 0.6 is 0 Å². The highest BCUT2D eigenvalue weighted by atomic mass is 32.2. The summed E-state index contributed by atoms with van der Waals surface area (Å²) in [6, 6.07) is 5.97. The van der Waals surface area contributed by atoms with Crippen molar-refractivity contribution in [3.8, 4) is 0 Å². The number of rotatable bonds is 9. The van der Waals surface area contributed by atoms with Crippen molar-refractivity contribution in [2.75, 3.05) is 46.9 Å². The summed E-state index contributed by atoms with van der Waals surface area (Å²) >= 11 is 0. The van der Waals surface area contributed by atoms with Crippen molar-refractivity contribution in [2.24, 2.45) is 5.92 Å². The maximum absolute atomic E-state index is 12.2. The molecule has 1 heterocycles. The van der Waals surface area contributed by atoms with Crippen LogP contribution in [0.4, 0.5) is 0 Å². The molecule has 26 heavy (non-hydrogen) atoms. The van der Waals surface area contributed by atoms with Crippen molar-refractivity contribution in [2.45, 2.75) is 24.2 Å². The van der Waals surface area contributed by atoms with Gasteiger partial charge in [-0.1, -0.05) is 0 Å². The van der Waals surface area contributed by atoms with Gasteiger partial charge in [0.2, 0.25) is 10.0 Å². The highest BCUT2D eigenvalue weighted by Gasteiger charge is 2.17. The van der Waals surface area contributed by atoms with Crippen molar-refractivity contribution < 1.29 is 17.9 Å². The lowest BCUT2D eigenvalue weighted by Gasteiger charge is -2.28. The fourth-order valence-electron chi connectivity index (χ4n) is 2.99. The molecule has 0 atom stereocenters. The molecule has 8 heteroatoms. The van der Waals surface area contributed by atoms with Crippen molar-refractivity contribution >= 4 is 15.9 Å². The molecular weight excluding hydrogens is 354 g/mol. The van der Waals surface area contributed by atoms with Gasteiger partial charge < -0.3 is 15.0 Å². The van der Waals surface area contributed by atoms with E-state index in [1.54, 1.807) is 0 Å². The lowest BCUT2D eigenvalue weighted by molar-refractivity contribution is 0.0949. The summed E-state index contributed by atoms with van der Waals surface area (Å²) in [6.45, 7) is 3.39. The first-order valence-electron chi connectivity index (χ1n) is 8.98. The van der Waals surface area contributed by atoms with Crippen LogP contribution in [0, 0.1) is 5.92 Å². The van der Waals surface area contributed by atoms with Crippen LogP contribution in [-0.4, -0.2) is 66.2 Å². The third kappa shape index (κ3) is 6.35. The summed E-state index contributed by atoms with van der Waals surface area (Å²) < 4.78 is 31.4. The number of sulfonamides is 1. The van der Waals surface area contributed by atoms with Gasteiger partial charge in [-0.2, -0.15) is 0 Å². The predicted molar refractivity (Wildman–Crippen MR) is 101 cm³/mol. The Morgan fingerprint density at radius 3 is 2.46 bits per heavy atom. The lowest BCUT2D eigenvalue weighted by Crippen LogP contribution is -2.32. The van der Waals surface area contributed by atoms with Crippen LogP contribution < -0.4 is 10.0 Å². The zero-order chi connectivity index (χ0) is 19.0. The number of benzene rings is 1. The third-order valence-corrected chi connectivity index (χ3v) is 6.18. The molecule has 1 saturated heterocycles. The van der Waals surface area contributed by atoms with Gasteiger partial charge >= 0.3 is 0 Å². The van der Waals surface area contributed by atoms with E-state index in [4.69, 9.17) is 4.74 Å². The molecule has 7 nitrogen and oxygen atoms in total. The smallest absolute Gasteiger partial charge is 0.251 e. The van der Waals surface area contributed by atoms with Gasteiger partial charge in [-0.25, -0.2) is 13.1 Å². The molecule has 1 amide bonds. The molecule has 146 valence electrons. The van der Waals surface area contributed by atoms with Crippen molar-refractivity contribution in [1.82, 2.24) is 14.9 Å². The molecule has 0 spiro atoms. The number of carbonyl (C=O) groups is 1. The Kier molecular flexibility index (Phi) is 8.02. The van der Waals surface area contributed by atoms with E-state index < -0.39 is 10.0 Å². The van der Waals surface area contributed by atoms with E-state index in [-0.39, 0.29) is 17.3 Å². The second-order valence-corrected chi connectivity index (χ2v) is 8.47. The van der Waals surface area contributed by atoms with Gasteiger partial charge in [0.25, 0.3) is 5.91 Å². The van der Waals surface area contributed by atoms with Gasteiger partial charge in [-0.15, -0.1) is 0 Å². The molecule has 0 saturated carbocycles. The summed E-state index contributed by atoms with van der Waals surface area (Å²) in [5.74, 6) is 0.492. The molecule has 0 unspecified atom stereocenters. The number of ether oxygens (including phenoxy) is 1. The molecule has 0 aromatic heterocycles. The highest BCUT2D eigenvalue weighted by Crippen LogP contribution is 2.18. The van der Waals surface area contributed by atoms with Crippen LogP contribution in [0.1, 0.15) is 29.6 Å². The minimum absolute atomic E-state index is 0.136. The molecule has 1 aromatic carbocycles. The summed E-state index contributed by atoms with van der Waals surface area (Å²) in [6.07, 6.45) is 3.33. The fourth-order valence-corrected chi connectivity index (χ4v) is 4.00. The van der Waals surface area contributed by atoms with Crippen molar-refractivity contribution in [3.63, 3.8) is 0 Å². The van der Waals surface area contributed by atoms with Crippen LogP contribution in [0.2, 0.25) is 0 Å². The van der Waals surface area contributed by atoms with E-state index in [1.807, 2.05) is 0 Å². The zero-order valence-corrected chi connectivity index (χ0v) is 16.3. The Hall–Kier alpha value is -1.48. The molecule has 1 fully saturated rings. The number of nitrogens with zero attached hydrogens (tertiary/aromatic N) is 1. The van der Waals surface area contributed by atoms with E-state index in [9.17, 15) is 13.2 Å². The van der Waals surface area contributed by atoms with E-state index in [0.717, 1.165) is 19.5 Å². The normalized spacial score (nSPS) is 16.5. The van der Waals surface area contributed by atoms with Gasteiger partial charge in [0.05, 0.1) is 11.5 Å². The Balaban J connectivity index is 1.80. The minimum Gasteiger partial charge on any atom is -0.383 e. The van der Waals surface area contributed by atoms with Crippen LogP contribution in [0.25, 0.3) is 0 Å². The van der Waals surface area contributed by atoms with Gasteiger partial charge in [0.1, 0.15) is 0 Å². The largest absolute Gasteiger partial charge is 0.383 e. The molecule has 2 N–H and O–H groups in total. The number of hydrogen-bond acceptors (Lipinski definition) is 5. The summed E-state index contributed by atoms with van der Waals surface area (Å²) in [5.41, 5.74) is 0.462. The third-order valence-electron chi connectivity index (χ3n) is 4.70. The highest BCUT2D eigenvalue weighted by molar-refractivity contribution is 7.89. The Morgan fingerprint density at radius 1 is 1.19 bits per heavy atom. The van der Waals surface area contributed by atoms with Crippen molar-refractivity contribution in [1.29, 1.82) is 0 Å². The second-order valence-electron chi connectivity index (χ2n) is 6.71. The first-order valence-corrected chi connectivity index (χ1v) is 10.5. The molecular formula is C18H29N3O4S. The number of methoxy groups -OCH3 is 1. The monoisotopic (exact) mass is 383 g/mol. The molecule has 0 radical (unpaired) electrons. The van der Waals surface area contributed by atoms with E-state index in [2.05, 4.69) is 22.0 Å². The van der Waals surface area contributed by atoms with Gasteiger partial charge in [-0.05, 0) is 69.6 Å². The summed E-state index contributed by atoms with van der Waals surface area (Å²) in [7, 11) is 0.0656. The Bertz CT molecular complexity index is 668. The van der Waals surface area contributed by atoms with Gasteiger partial charge in [0, 0.05) is 25.8 Å². The fraction of sp³-hybridized carbons (Fsp3) is 0.611. The minimum atomic E-state index is -3.58. The summed E-state index contributed by atoms with van der Waals surface area (Å²) in [5, 5.41) is 2.92. The maximum atomic E-state index is 12.2. The van der Waals surface area contributed by atoms with Crippen LogP contribution in [0.3, 0.4) is 0 Å². The van der Waals surface area contributed by atoms with Crippen LogP contribution in [-0.2, 0) is 14.8 Å². The van der Waals surface area contributed by atoms with E-state index in [1.165, 1.54) is 44.2 Å². The first kappa shape index (κ1) is 20.8.